The van der Waals surface area contributed by atoms with E-state index in [0.717, 1.165) is 5.56 Å². The molecule has 0 aliphatic rings. The molecule has 0 saturated carbocycles. The number of rotatable bonds is 8. The monoisotopic (exact) mass is 449 g/mol. The third-order valence-electron chi connectivity index (χ3n) is 4.41. The number of carbonyl (C=O) groups is 1. The maximum atomic E-state index is 12.2. The van der Waals surface area contributed by atoms with Crippen LogP contribution in [0, 0.1) is 11.3 Å². The fraction of sp³-hybridized carbons (Fsp3) is 0.120. The Bertz CT molecular complexity index is 1150. The topological polar surface area (TPSA) is 77.8 Å². The molecule has 0 aromatic heterocycles. The number of ether oxygens (including phenoxy) is 4. The summed E-state index contributed by atoms with van der Waals surface area (Å²) in [6.45, 7) is -0.272. The molecule has 0 aliphatic carbocycles. The minimum absolute atomic E-state index is 0.248. The van der Waals surface area contributed by atoms with Gasteiger partial charge in [0.15, 0.2) is 18.1 Å². The third-order valence-corrected chi connectivity index (χ3v) is 4.67. The lowest BCUT2D eigenvalue weighted by Crippen LogP contribution is -2.18. The van der Waals surface area contributed by atoms with E-state index in [1.54, 1.807) is 79.9 Å². The first-order valence-electron chi connectivity index (χ1n) is 9.55. The van der Waals surface area contributed by atoms with E-state index in [1.807, 2.05) is 0 Å². The number of esters is 1. The lowest BCUT2D eigenvalue weighted by molar-refractivity contribution is -0.136. The van der Waals surface area contributed by atoms with Crippen LogP contribution in [0.5, 0.6) is 23.0 Å². The van der Waals surface area contributed by atoms with Gasteiger partial charge in [0.1, 0.15) is 11.5 Å². The summed E-state index contributed by atoms with van der Waals surface area (Å²) in [5.74, 6) is 1.22. The van der Waals surface area contributed by atoms with E-state index in [4.69, 9.17) is 30.5 Å². The summed E-state index contributed by atoms with van der Waals surface area (Å²) in [4.78, 5) is 12.2. The molecule has 0 radical (unpaired) electrons. The van der Waals surface area contributed by atoms with Crippen molar-refractivity contribution in [2.75, 3.05) is 20.8 Å². The maximum absolute atomic E-state index is 12.2. The van der Waals surface area contributed by atoms with Crippen LogP contribution in [0.1, 0.15) is 11.1 Å². The van der Waals surface area contributed by atoms with Crippen LogP contribution in [0.2, 0.25) is 5.02 Å². The second-order valence-corrected chi connectivity index (χ2v) is 6.96. The van der Waals surface area contributed by atoms with Crippen LogP contribution in [0.25, 0.3) is 11.6 Å². The molecule has 3 aromatic carbocycles. The van der Waals surface area contributed by atoms with Gasteiger partial charge >= 0.3 is 5.97 Å². The van der Waals surface area contributed by atoms with Crippen LogP contribution in [0.3, 0.4) is 0 Å². The predicted molar refractivity (Wildman–Crippen MR) is 122 cm³/mol. The first-order chi connectivity index (χ1) is 15.5. The van der Waals surface area contributed by atoms with Crippen molar-refractivity contribution in [2.45, 2.75) is 0 Å². The van der Waals surface area contributed by atoms with E-state index in [9.17, 15) is 10.1 Å². The molecule has 0 heterocycles. The SMILES string of the molecule is COc1ccc(OCC(=O)Oc2ccc(C=C(C#N)c3ccc(Cl)cc3)cc2OC)cc1. The van der Waals surface area contributed by atoms with E-state index in [2.05, 4.69) is 6.07 Å². The Morgan fingerprint density at radius 3 is 2.25 bits per heavy atom. The Hall–Kier alpha value is -3.95. The molecule has 3 rings (SSSR count). The number of methoxy groups -OCH3 is 2. The van der Waals surface area contributed by atoms with E-state index in [0.29, 0.717) is 33.4 Å². The number of hydrogen-bond donors (Lipinski definition) is 0. The fourth-order valence-corrected chi connectivity index (χ4v) is 2.93. The van der Waals surface area contributed by atoms with Gasteiger partial charge in [-0.2, -0.15) is 5.26 Å². The normalized spacial score (nSPS) is 10.8. The standard InChI is InChI=1S/C25H20ClNO5/c1-29-21-8-10-22(11-9-21)31-16-25(28)32-23-12-3-17(14-24(23)30-2)13-19(15-27)18-4-6-20(26)7-5-18/h3-14H,16H2,1-2H3. The lowest BCUT2D eigenvalue weighted by Gasteiger charge is -2.11. The van der Waals surface area contributed by atoms with Gasteiger partial charge in [-0.25, -0.2) is 4.79 Å². The number of hydrogen-bond acceptors (Lipinski definition) is 6. The average molecular weight is 450 g/mol. The molecule has 0 bridgehead atoms. The van der Waals surface area contributed by atoms with E-state index in [1.165, 1.54) is 7.11 Å². The molecule has 0 unspecified atom stereocenters. The molecular formula is C25H20ClNO5. The van der Waals surface area contributed by atoms with Gasteiger partial charge < -0.3 is 18.9 Å². The van der Waals surface area contributed by atoms with Crippen LogP contribution in [-0.2, 0) is 4.79 Å². The van der Waals surface area contributed by atoms with Gasteiger partial charge in [-0.15, -0.1) is 0 Å². The Labute approximate surface area is 191 Å². The van der Waals surface area contributed by atoms with Crippen molar-refractivity contribution in [2.24, 2.45) is 0 Å². The Kier molecular flexibility index (Phi) is 7.74. The first kappa shape index (κ1) is 22.7. The van der Waals surface area contributed by atoms with Crippen LogP contribution in [0.4, 0.5) is 0 Å². The molecule has 3 aromatic rings. The van der Waals surface area contributed by atoms with E-state index < -0.39 is 5.97 Å². The first-order valence-corrected chi connectivity index (χ1v) is 9.93. The van der Waals surface area contributed by atoms with Crippen LogP contribution >= 0.6 is 11.6 Å². The summed E-state index contributed by atoms with van der Waals surface area (Å²) < 4.78 is 21.2. The Balaban J connectivity index is 1.69. The van der Waals surface area contributed by atoms with Crippen molar-refractivity contribution >= 4 is 29.2 Å². The predicted octanol–water partition coefficient (Wildman–Crippen LogP) is 5.41. The highest BCUT2D eigenvalue weighted by Gasteiger charge is 2.12. The van der Waals surface area contributed by atoms with Crippen molar-refractivity contribution < 1.29 is 23.7 Å². The molecule has 0 spiro atoms. The van der Waals surface area contributed by atoms with Gasteiger partial charge in [0.2, 0.25) is 0 Å². The van der Waals surface area contributed by atoms with E-state index >= 15 is 0 Å². The van der Waals surface area contributed by atoms with E-state index in [-0.39, 0.29) is 12.4 Å². The second-order valence-electron chi connectivity index (χ2n) is 6.53. The van der Waals surface area contributed by atoms with Gasteiger partial charge in [-0.05, 0) is 65.7 Å². The molecule has 0 saturated heterocycles. The summed E-state index contributed by atoms with van der Waals surface area (Å²) in [6, 6.07) is 21.0. The van der Waals surface area contributed by atoms with Gasteiger partial charge in [0, 0.05) is 5.02 Å². The van der Waals surface area contributed by atoms with Crippen LogP contribution in [0.15, 0.2) is 66.7 Å². The molecule has 32 heavy (non-hydrogen) atoms. The molecular weight excluding hydrogens is 430 g/mol. The number of carbonyl (C=O) groups excluding carboxylic acids is 1. The molecule has 0 aliphatic heterocycles. The minimum Gasteiger partial charge on any atom is -0.497 e. The Morgan fingerprint density at radius 1 is 0.938 bits per heavy atom. The summed E-state index contributed by atoms with van der Waals surface area (Å²) in [5, 5.41) is 10.1. The maximum Gasteiger partial charge on any atom is 0.349 e. The highest BCUT2D eigenvalue weighted by molar-refractivity contribution is 6.30. The third kappa shape index (κ3) is 6.03. The second kappa shape index (κ2) is 10.9. The quantitative estimate of drug-likeness (QED) is 0.198. The van der Waals surface area contributed by atoms with Crippen molar-refractivity contribution in [3.63, 3.8) is 0 Å². The molecule has 0 N–H and O–H groups in total. The highest BCUT2D eigenvalue weighted by atomic mass is 35.5. The highest BCUT2D eigenvalue weighted by Crippen LogP contribution is 2.30. The largest absolute Gasteiger partial charge is 0.497 e. The van der Waals surface area contributed by atoms with Crippen molar-refractivity contribution in [1.29, 1.82) is 5.26 Å². The number of nitrogens with zero attached hydrogens (tertiary/aromatic N) is 1. The molecule has 0 amide bonds. The summed E-state index contributed by atoms with van der Waals surface area (Å²) in [7, 11) is 3.04. The number of benzene rings is 3. The van der Waals surface area contributed by atoms with Crippen molar-refractivity contribution in [3.8, 4) is 29.1 Å². The molecule has 162 valence electrons. The summed E-state index contributed by atoms with van der Waals surface area (Å²) >= 11 is 5.91. The molecule has 0 fully saturated rings. The van der Waals surface area contributed by atoms with Crippen molar-refractivity contribution in [1.82, 2.24) is 0 Å². The number of nitriles is 1. The summed E-state index contributed by atoms with van der Waals surface area (Å²) in [5.41, 5.74) is 1.91. The van der Waals surface area contributed by atoms with Crippen LogP contribution in [-0.4, -0.2) is 26.8 Å². The van der Waals surface area contributed by atoms with Gasteiger partial charge in [-0.1, -0.05) is 29.8 Å². The number of halogens is 1. The zero-order valence-electron chi connectivity index (χ0n) is 17.5. The average Bonchev–Trinajstić information content (AvgIpc) is 2.83. The Morgan fingerprint density at radius 2 is 1.62 bits per heavy atom. The van der Waals surface area contributed by atoms with Gasteiger partial charge in [-0.3, -0.25) is 0 Å². The van der Waals surface area contributed by atoms with Crippen molar-refractivity contribution in [3.05, 3.63) is 82.9 Å². The zero-order chi connectivity index (χ0) is 22.9. The summed E-state index contributed by atoms with van der Waals surface area (Å²) in [6.07, 6.45) is 1.71. The molecule has 7 heteroatoms. The fourth-order valence-electron chi connectivity index (χ4n) is 2.80. The molecule has 0 atom stereocenters. The van der Waals surface area contributed by atoms with Gasteiger partial charge in [0.25, 0.3) is 0 Å². The number of allylic oxidation sites excluding steroid dienone is 1. The zero-order valence-corrected chi connectivity index (χ0v) is 18.3. The van der Waals surface area contributed by atoms with Gasteiger partial charge in [0.05, 0.1) is 25.9 Å². The molecule has 6 nitrogen and oxygen atoms in total. The smallest absolute Gasteiger partial charge is 0.349 e. The minimum atomic E-state index is -0.582. The lowest BCUT2D eigenvalue weighted by atomic mass is 10.0. The van der Waals surface area contributed by atoms with Crippen LogP contribution < -0.4 is 18.9 Å².